The monoisotopic (exact) mass is 594 g/mol. The number of esters is 2. The number of ketones is 1. The van der Waals surface area contributed by atoms with Crippen molar-refractivity contribution in [3.63, 3.8) is 0 Å². The number of rotatable bonds is 13. The minimum Gasteiger partial charge on any atom is -0.465 e. The van der Waals surface area contributed by atoms with Gasteiger partial charge in [-0.2, -0.15) is 0 Å². The molecular weight excluding hydrogens is 559 g/mol. The van der Waals surface area contributed by atoms with Gasteiger partial charge in [0, 0.05) is 3.57 Å². The molecule has 0 saturated heterocycles. The van der Waals surface area contributed by atoms with Crippen LogP contribution in [0.2, 0.25) is 0 Å². The van der Waals surface area contributed by atoms with E-state index in [4.69, 9.17) is 9.47 Å². The van der Waals surface area contributed by atoms with Crippen molar-refractivity contribution in [1.29, 1.82) is 0 Å². The standard InChI is InChI=1S/C27H35IN2O5/c1-5-34-26(33)23(16-20-13-9-10-14-21(20)28)29-17-24(31)22(15-19-11-7-6-8-12-19)30-18-25(32)35-27(2,3)4/h6-14,22-23,29-30H,5,15-18H2,1-4H3. The summed E-state index contributed by atoms with van der Waals surface area (Å²) in [5, 5.41) is 6.13. The van der Waals surface area contributed by atoms with Crippen molar-refractivity contribution in [2.45, 2.75) is 58.2 Å². The summed E-state index contributed by atoms with van der Waals surface area (Å²) in [7, 11) is 0. The lowest BCUT2D eigenvalue weighted by Gasteiger charge is -2.23. The Balaban J connectivity index is 2.09. The van der Waals surface area contributed by atoms with Gasteiger partial charge in [0.05, 0.1) is 25.7 Å². The van der Waals surface area contributed by atoms with E-state index in [1.807, 2.05) is 54.6 Å². The first kappa shape index (κ1) is 28.9. The molecule has 0 spiro atoms. The highest BCUT2D eigenvalue weighted by Crippen LogP contribution is 2.14. The number of benzene rings is 2. The van der Waals surface area contributed by atoms with E-state index >= 15 is 0 Å². The topological polar surface area (TPSA) is 93.7 Å². The molecule has 0 heterocycles. The van der Waals surface area contributed by atoms with Gasteiger partial charge in [0.1, 0.15) is 11.6 Å². The zero-order valence-corrected chi connectivity index (χ0v) is 23.0. The smallest absolute Gasteiger partial charge is 0.323 e. The van der Waals surface area contributed by atoms with E-state index in [1.165, 1.54) is 0 Å². The van der Waals surface area contributed by atoms with Crippen molar-refractivity contribution in [2.75, 3.05) is 19.7 Å². The normalized spacial score (nSPS) is 13.1. The summed E-state index contributed by atoms with van der Waals surface area (Å²) in [6.45, 7) is 7.25. The molecule has 0 aliphatic rings. The average molecular weight is 594 g/mol. The average Bonchev–Trinajstić information content (AvgIpc) is 2.80. The summed E-state index contributed by atoms with van der Waals surface area (Å²) >= 11 is 2.23. The number of carbonyl (C=O) groups excluding carboxylic acids is 3. The van der Waals surface area contributed by atoms with Gasteiger partial charge in [-0.25, -0.2) is 0 Å². The summed E-state index contributed by atoms with van der Waals surface area (Å²) in [5.41, 5.74) is 1.35. The van der Waals surface area contributed by atoms with Crippen LogP contribution in [0.25, 0.3) is 0 Å². The van der Waals surface area contributed by atoms with E-state index in [0.717, 1.165) is 14.7 Å². The lowest BCUT2D eigenvalue weighted by molar-refractivity contribution is -0.153. The molecule has 0 amide bonds. The highest BCUT2D eigenvalue weighted by atomic mass is 127. The molecule has 0 aliphatic heterocycles. The molecule has 8 heteroatoms. The molecule has 0 bridgehead atoms. The van der Waals surface area contributed by atoms with Crippen LogP contribution in [-0.4, -0.2) is 55.1 Å². The zero-order valence-electron chi connectivity index (χ0n) is 20.8. The molecule has 0 aliphatic carbocycles. The second-order valence-electron chi connectivity index (χ2n) is 9.16. The molecule has 35 heavy (non-hydrogen) atoms. The first-order chi connectivity index (χ1) is 16.6. The molecule has 190 valence electrons. The van der Waals surface area contributed by atoms with Gasteiger partial charge < -0.3 is 9.47 Å². The molecule has 0 aromatic heterocycles. The number of halogens is 1. The lowest BCUT2D eigenvalue weighted by Crippen LogP contribution is -2.49. The third-order valence-corrected chi connectivity index (χ3v) is 6.11. The SMILES string of the molecule is CCOC(=O)C(Cc1ccccc1I)NCC(=O)C(Cc1ccccc1)NCC(=O)OC(C)(C)C. The Kier molecular flexibility index (Phi) is 11.8. The maximum absolute atomic E-state index is 13.2. The van der Waals surface area contributed by atoms with E-state index in [1.54, 1.807) is 27.7 Å². The summed E-state index contributed by atoms with van der Waals surface area (Å²) in [4.78, 5) is 38.1. The Labute approximate surface area is 221 Å². The van der Waals surface area contributed by atoms with Gasteiger partial charge >= 0.3 is 11.9 Å². The number of hydrogen-bond acceptors (Lipinski definition) is 7. The summed E-state index contributed by atoms with van der Waals surface area (Å²) < 4.78 is 11.6. The van der Waals surface area contributed by atoms with Crippen LogP contribution in [0.15, 0.2) is 54.6 Å². The summed E-state index contributed by atoms with van der Waals surface area (Å²) in [6.07, 6.45) is 0.810. The van der Waals surface area contributed by atoms with Gasteiger partial charge in [0.25, 0.3) is 0 Å². The van der Waals surface area contributed by atoms with Crippen molar-refractivity contribution in [1.82, 2.24) is 10.6 Å². The minimum absolute atomic E-state index is 0.0499. The summed E-state index contributed by atoms with van der Waals surface area (Å²) in [5.74, 6) is -0.991. The van der Waals surface area contributed by atoms with Gasteiger partial charge in [0.15, 0.2) is 5.78 Å². The molecule has 2 aromatic rings. The molecule has 0 radical (unpaired) electrons. The summed E-state index contributed by atoms with van der Waals surface area (Å²) in [6, 6.07) is 16.1. The number of hydrogen-bond donors (Lipinski definition) is 2. The Morgan fingerprint density at radius 1 is 0.886 bits per heavy atom. The van der Waals surface area contributed by atoms with E-state index in [0.29, 0.717) is 12.8 Å². The van der Waals surface area contributed by atoms with E-state index in [-0.39, 0.29) is 25.5 Å². The van der Waals surface area contributed by atoms with E-state index in [9.17, 15) is 14.4 Å². The molecule has 2 unspecified atom stereocenters. The van der Waals surface area contributed by atoms with E-state index < -0.39 is 29.6 Å². The van der Waals surface area contributed by atoms with Crippen LogP contribution in [0.1, 0.15) is 38.8 Å². The van der Waals surface area contributed by atoms with Crippen LogP contribution < -0.4 is 10.6 Å². The van der Waals surface area contributed by atoms with Crippen LogP contribution in [0, 0.1) is 3.57 Å². The fraction of sp³-hybridized carbons (Fsp3) is 0.444. The van der Waals surface area contributed by atoms with Crippen molar-refractivity contribution < 1.29 is 23.9 Å². The zero-order chi connectivity index (χ0) is 25.8. The fourth-order valence-electron chi connectivity index (χ4n) is 3.45. The Hall–Kier alpha value is -2.30. The fourth-order valence-corrected chi connectivity index (χ4v) is 4.05. The number of carbonyl (C=O) groups is 3. The number of Topliss-reactive ketones (excluding diaryl/α,β-unsaturated/α-hetero) is 1. The van der Waals surface area contributed by atoms with Gasteiger partial charge in [-0.15, -0.1) is 0 Å². The first-order valence-corrected chi connectivity index (χ1v) is 12.8. The molecule has 0 saturated carbocycles. The van der Waals surface area contributed by atoms with E-state index in [2.05, 4.69) is 33.2 Å². The second-order valence-corrected chi connectivity index (χ2v) is 10.3. The van der Waals surface area contributed by atoms with Gasteiger partial charge in [-0.3, -0.25) is 25.0 Å². The molecule has 7 nitrogen and oxygen atoms in total. The lowest BCUT2D eigenvalue weighted by atomic mass is 10.0. The predicted molar refractivity (Wildman–Crippen MR) is 144 cm³/mol. The molecular formula is C27H35IN2O5. The van der Waals surface area contributed by atoms with Crippen molar-refractivity contribution in [3.8, 4) is 0 Å². The second kappa shape index (κ2) is 14.3. The van der Waals surface area contributed by atoms with Gasteiger partial charge in [-0.05, 0) is 80.3 Å². The van der Waals surface area contributed by atoms with Crippen LogP contribution in [0.4, 0.5) is 0 Å². The van der Waals surface area contributed by atoms with Crippen LogP contribution >= 0.6 is 22.6 Å². The maximum Gasteiger partial charge on any atom is 0.323 e. The number of ether oxygens (including phenoxy) is 2. The minimum atomic E-state index is -0.668. The molecule has 2 aromatic carbocycles. The first-order valence-electron chi connectivity index (χ1n) is 11.7. The number of nitrogens with one attached hydrogen (secondary N) is 2. The van der Waals surface area contributed by atoms with Crippen molar-refractivity contribution >= 4 is 40.3 Å². The highest BCUT2D eigenvalue weighted by Gasteiger charge is 2.26. The predicted octanol–water partition coefficient (Wildman–Crippen LogP) is 3.47. The van der Waals surface area contributed by atoms with Crippen molar-refractivity contribution in [3.05, 3.63) is 69.3 Å². The third kappa shape index (κ3) is 10.9. The quantitative estimate of drug-likeness (QED) is 0.271. The maximum atomic E-state index is 13.2. The molecule has 0 fully saturated rings. The Morgan fingerprint density at radius 3 is 2.14 bits per heavy atom. The molecule has 2 rings (SSSR count). The van der Waals surface area contributed by atoms with Crippen LogP contribution in [0.3, 0.4) is 0 Å². The van der Waals surface area contributed by atoms with Gasteiger partial charge in [-0.1, -0.05) is 48.5 Å². The van der Waals surface area contributed by atoms with Crippen molar-refractivity contribution in [2.24, 2.45) is 0 Å². The largest absolute Gasteiger partial charge is 0.465 e. The van der Waals surface area contributed by atoms with Gasteiger partial charge in [0.2, 0.25) is 0 Å². The Morgan fingerprint density at radius 2 is 1.51 bits per heavy atom. The molecule has 2 N–H and O–H groups in total. The molecule has 2 atom stereocenters. The highest BCUT2D eigenvalue weighted by molar-refractivity contribution is 14.1. The van der Waals surface area contributed by atoms with Crippen LogP contribution in [0.5, 0.6) is 0 Å². The van der Waals surface area contributed by atoms with Crippen LogP contribution in [-0.2, 0) is 36.7 Å². The Bertz CT molecular complexity index is 975. The third-order valence-electron chi connectivity index (χ3n) is 5.06.